The first-order valence-corrected chi connectivity index (χ1v) is 14.0. The number of aromatic nitrogens is 3. The SMILES string of the molecule is Cn1cc2c(C(=O)NC3CCC(CCN4CCc5nc(OCC(C)(F)F)sc5CC4)CC3)cccc2n1. The number of ether oxygens (including phenoxy) is 1. The van der Waals surface area contributed by atoms with Gasteiger partial charge in [0.25, 0.3) is 17.0 Å². The maximum Gasteiger partial charge on any atom is 0.278 e. The molecule has 0 unspecified atom stereocenters. The molecule has 0 radical (unpaired) electrons. The lowest BCUT2D eigenvalue weighted by Crippen LogP contribution is -2.38. The molecule has 10 heteroatoms. The summed E-state index contributed by atoms with van der Waals surface area (Å²) in [6, 6.07) is 5.91. The van der Waals surface area contributed by atoms with Crippen LogP contribution in [0.5, 0.6) is 5.19 Å². The molecule has 1 fully saturated rings. The van der Waals surface area contributed by atoms with Crippen molar-refractivity contribution >= 4 is 28.1 Å². The van der Waals surface area contributed by atoms with Crippen molar-refractivity contribution in [1.82, 2.24) is 25.0 Å². The summed E-state index contributed by atoms with van der Waals surface area (Å²) in [7, 11) is 1.87. The molecule has 0 bridgehead atoms. The molecule has 2 aliphatic rings. The number of carbonyl (C=O) groups is 1. The molecule has 3 aromatic rings. The third-order valence-electron chi connectivity index (χ3n) is 7.47. The molecule has 200 valence electrons. The van der Waals surface area contributed by atoms with Gasteiger partial charge in [-0.2, -0.15) is 5.10 Å². The quantitative estimate of drug-likeness (QED) is 0.450. The van der Waals surface area contributed by atoms with E-state index in [0.717, 1.165) is 93.0 Å². The van der Waals surface area contributed by atoms with E-state index in [0.29, 0.717) is 16.7 Å². The molecule has 1 aliphatic carbocycles. The first kappa shape index (κ1) is 26.0. The number of alkyl halides is 2. The van der Waals surface area contributed by atoms with E-state index >= 15 is 0 Å². The van der Waals surface area contributed by atoms with Gasteiger partial charge in [0.1, 0.15) is 0 Å². The number of amides is 1. The third kappa shape index (κ3) is 6.65. The molecule has 0 atom stereocenters. The number of fused-ring (bicyclic) bond motifs is 2. The van der Waals surface area contributed by atoms with E-state index in [-0.39, 0.29) is 11.9 Å². The summed E-state index contributed by atoms with van der Waals surface area (Å²) in [6.45, 7) is 3.19. The molecular weight excluding hydrogens is 496 g/mol. The van der Waals surface area contributed by atoms with E-state index in [4.69, 9.17) is 4.74 Å². The minimum absolute atomic E-state index is 0.00958. The molecule has 5 rings (SSSR count). The minimum Gasteiger partial charge on any atom is -0.464 e. The number of benzene rings is 1. The summed E-state index contributed by atoms with van der Waals surface area (Å²) in [5, 5.41) is 8.92. The van der Waals surface area contributed by atoms with E-state index < -0.39 is 12.5 Å². The average Bonchev–Trinajstić information content (AvgIpc) is 3.39. The van der Waals surface area contributed by atoms with Gasteiger partial charge in [0.05, 0.1) is 16.8 Å². The second-order valence-corrected chi connectivity index (χ2v) is 11.6. The third-order valence-corrected chi connectivity index (χ3v) is 8.54. The van der Waals surface area contributed by atoms with Crippen molar-refractivity contribution in [2.24, 2.45) is 13.0 Å². The van der Waals surface area contributed by atoms with Crippen molar-refractivity contribution in [3.63, 3.8) is 0 Å². The highest BCUT2D eigenvalue weighted by Crippen LogP contribution is 2.31. The fraction of sp³-hybridized carbons (Fsp3) is 0.593. The number of halogens is 2. The van der Waals surface area contributed by atoms with E-state index in [2.05, 4.69) is 20.3 Å². The number of hydrogen-bond donors (Lipinski definition) is 1. The Balaban J connectivity index is 1.04. The maximum absolute atomic E-state index is 13.1. The largest absolute Gasteiger partial charge is 0.464 e. The van der Waals surface area contributed by atoms with Gasteiger partial charge in [0.15, 0.2) is 6.61 Å². The monoisotopic (exact) mass is 531 g/mol. The molecule has 37 heavy (non-hydrogen) atoms. The maximum atomic E-state index is 13.1. The molecule has 0 saturated heterocycles. The first-order chi connectivity index (χ1) is 17.7. The average molecular weight is 532 g/mol. The summed E-state index contributed by atoms with van der Waals surface area (Å²) in [4.78, 5) is 21.1. The van der Waals surface area contributed by atoms with Crippen molar-refractivity contribution < 1.29 is 18.3 Å². The van der Waals surface area contributed by atoms with Gasteiger partial charge in [-0.3, -0.25) is 9.48 Å². The van der Waals surface area contributed by atoms with Crippen LogP contribution in [-0.2, 0) is 19.9 Å². The number of carbonyl (C=O) groups excluding carboxylic acids is 1. The topological polar surface area (TPSA) is 72.3 Å². The van der Waals surface area contributed by atoms with Gasteiger partial charge in [-0.05, 0) is 63.1 Å². The Hall–Kier alpha value is -2.59. The molecule has 3 heterocycles. The Bertz CT molecular complexity index is 1200. The fourth-order valence-corrected chi connectivity index (χ4v) is 6.39. The summed E-state index contributed by atoms with van der Waals surface area (Å²) in [5.74, 6) is -2.18. The number of thiazole rings is 1. The van der Waals surface area contributed by atoms with E-state index in [1.54, 1.807) is 4.68 Å². The lowest BCUT2D eigenvalue weighted by molar-refractivity contribution is -0.0230. The number of rotatable bonds is 8. The molecule has 1 amide bonds. The van der Waals surface area contributed by atoms with Gasteiger partial charge in [-0.25, -0.2) is 13.8 Å². The van der Waals surface area contributed by atoms with Gasteiger partial charge in [-0.15, -0.1) is 0 Å². The Morgan fingerprint density at radius 1 is 1.22 bits per heavy atom. The van der Waals surface area contributed by atoms with Crippen LogP contribution in [0.1, 0.15) is 60.0 Å². The fourth-order valence-electron chi connectivity index (χ4n) is 5.44. The van der Waals surface area contributed by atoms with Crippen molar-refractivity contribution in [3.8, 4) is 5.19 Å². The van der Waals surface area contributed by atoms with Crippen molar-refractivity contribution in [3.05, 3.63) is 40.5 Å². The second kappa shape index (κ2) is 11.0. The van der Waals surface area contributed by atoms with Crippen LogP contribution < -0.4 is 10.1 Å². The van der Waals surface area contributed by atoms with E-state index in [9.17, 15) is 13.6 Å². The van der Waals surface area contributed by atoms with Gasteiger partial charge in [0, 0.05) is 56.0 Å². The van der Waals surface area contributed by atoms with Crippen molar-refractivity contribution in [1.29, 1.82) is 0 Å². The highest BCUT2D eigenvalue weighted by atomic mass is 32.1. The predicted octanol–water partition coefficient (Wildman–Crippen LogP) is 4.84. The zero-order valence-electron chi connectivity index (χ0n) is 21.5. The molecule has 2 aromatic heterocycles. The van der Waals surface area contributed by atoms with Crippen LogP contribution in [-0.4, -0.2) is 63.8 Å². The van der Waals surface area contributed by atoms with Gasteiger partial charge in [-0.1, -0.05) is 17.4 Å². The van der Waals surface area contributed by atoms with Gasteiger partial charge >= 0.3 is 0 Å². The summed E-state index contributed by atoms with van der Waals surface area (Å²) < 4.78 is 33.1. The van der Waals surface area contributed by atoms with Gasteiger partial charge in [0.2, 0.25) is 0 Å². The second-order valence-electron chi connectivity index (χ2n) is 10.6. The molecule has 1 saturated carbocycles. The van der Waals surface area contributed by atoms with Crippen LogP contribution in [0.25, 0.3) is 10.9 Å². The first-order valence-electron chi connectivity index (χ1n) is 13.2. The van der Waals surface area contributed by atoms with Crippen LogP contribution in [0.4, 0.5) is 8.78 Å². The highest BCUT2D eigenvalue weighted by molar-refractivity contribution is 7.13. The molecule has 1 aliphatic heterocycles. The molecule has 0 spiro atoms. The van der Waals surface area contributed by atoms with E-state index in [1.165, 1.54) is 11.3 Å². The highest BCUT2D eigenvalue weighted by Gasteiger charge is 2.26. The standard InChI is InChI=1S/C27H35F2N5O2S/c1-27(28,29)17-36-26-31-23-11-14-34(15-12-24(23)37-26)13-10-18-6-8-19(9-7-18)30-25(35)20-4-3-5-22-21(20)16-33(2)32-22/h3-5,16,18-19H,6-15,17H2,1-2H3,(H,30,35). The molecule has 1 N–H and O–H groups in total. The lowest BCUT2D eigenvalue weighted by Gasteiger charge is -2.30. The molecule has 7 nitrogen and oxygen atoms in total. The zero-order valence-corrected chi connectivity index (χ0v) is 22.3. The smallest absolute Gasteiger partial charge is 0.278 e. The number of nitrogens with one attached hydrogen (secondary N) is 1. The summed E-state index contributed by atoms with van der Waals surface area (Å²) in [6.07, 6.45) is 9.08. The Morgan fingerprint density at radius 3 is 2.78 bits per heavy atom. The van der Waals surface area contributed by atoms with Crippen molar-refractivity contribution in [2.75, 3.05) is 26.2 Å². The van der Waals surface area contributed by atoms with Crippen molar-refractivity contribution in [2.45, 2.75) is 63.8 Å². The number of hydrogen-bond acceptors (Lipinski definition) is 6. The van der Waals surface area contributed by atoms with Crippen LogP contribution in [0.3, 0.4) is 0 Å². The predicted molar refractivity (Wildman–Crippen MR) is 141 cm³/mol. The van der Waals surface area contributed by atoms with Crippen LogP contribution in [0, 0.1) is 5.92 Å². The van der Waals surface area contributed by atoms with Crippen LogP contribution in [0.2, 0.25) is 0 Å². The normalized spacial score (nSPS) is 21.0. The van der Waals surface area contributed by atoms with Crippen LogP contribution >= 0.6 is 11.3 Å². The lowest BCUT2D eigenvalue weighted by atomic mass is 9.84. The molecular formula is C27H35F2N5O2S. The minimum atomic E-state index is -2.85. The Labute approximate surface area is 220 Å². The number of nitrogens with zero attached hydrogens (tertiary/aromatic N) is 4. The summed E-state index contributed by atoms with van der Waals surface area (Å²) >= 11 is 1.41. The van der Waals surface area contributed by atoms with Gasteiger partial charge < -0.3 is 15.0 Å². The van der Waals surface area contributed by atoms with E-state index in [1.807, 2.05) is 31.4 Å². The van der Waals surface area contributed by atoms with Crippen LogP contribution in [0.15, 0.2) is 24.4 Å². The molecule has 1 aromatic carbocycles. The zero-order chi connectivity index (χ0) is 26.0. The Morgan fingerprint density at radius 2 is 2.00 bits per heavy atom. The summed E-state index contributed by atoms with van der Waals surface area (Å²) in [5.41, 5.74) is 2.53. The Kier molecular flexibility index (Phi) is 7.76. The number of aryl methyl sites for hydroxylation is 1.